The molecule has 196 valence electrons. The van der Waals surface area contributed by atoms with Crippen molar-refractivity contribution in [1.29, 1.82) is 0 Å². The Morgan fingerprint density at radius 3 is 2.61 bits per heavy atom. The molecule has 6 heteroatoms. The Morgan fingerprint density at radius 2 is 1.87 bits per heavy atom. The van der Waals surface area contributed by atoms with E-state index in [1.165, 1.54) is 5.56 Å². The van der Waals surface area contributed by atoms with E-state index in [-0.39, 0.29) is 18.6 Å². The maximum Gasteiger partial charge on any atom is 0.231 e. The standard InChI is InChI=1S/C32H35N3O3/c1-22-7-9-26(29(19-22)35-14-17-38-18-15-35)30(23-5-3-2-4-6-23)34-31(37)32(12-13-32)25-8-10-28-27(20-25)24(11-16-36)21-33-28/h2-10,19-21,30,33,36H,11-18H2,1H3,(H,34,37). The lowest BCUT2D eigenvalue weighted by Crippen LogP contribution is -2.40. The normalized spacial score (nSPS) is 17.4. The van der Waals surface area contributed by atoms with Crippen LogP contribution in [0.25, 0.3) is 10.9 Å². The summed E-state index contributed by atoms with van der Waals surface area (Å²) in [4.78, 5) is 19.8. The second-order valence-corrected chi connectivity index (χ2v) is 10.6. The third-order valence-corrected chi connectivity index (χ3v) is 8.14. The summed E-state index contributed by atoms with van der Waals surface area (Å²) in [6.45, 7) is 5.30. The first-order chi connectivity index (χ1) is 18.6. The molecule has 1 amide bonds. The molecule has 0 bridgehead atoms. The number of aromatic nitrogens is 1. The SMILES string of the molecule is Cc1ccc(C(NC(=O)C2(c3ccc4[nH]cc(CCO)c4c3)CC2)c2ccccc2)c(N2CCOCC2)c1. The number of anilines is 1. The molecule has 1 aliphatic carbocycles. The Morgan fingerprint density at radius 1 is 1.08 bits per heavy atom. The van der Waals surface area contributed by atoms with Crippen molar-refractivity contribution in [3.05, 3.63) is 101 Å². The van der Waals surface area contributed by atoms with E-state index >= 15 is 0 Å². The highest BCUT2D eigenvalue weighted by Crippen LogP contribution is 2.50. The number of aromatic amines is 1. The van der Waals surface area contributed by atoms with Gasteiger partial charge in [-0.2, -0.15) is 0 Å². The lowest BCUT2D eigenvalue weighted by molar-refractivity contribution is -0.124. The first-order valence-corrected chi connectivity index (χ1v) is 13.6. The number of hydrogen-bond donors (Lipinski definition) is 3. The van der Waals surface area contributed by atoms with Crippen LogP contribution >= 0.6 is 0 Å². The van der Waals surface area contributed by atoms with Gasteiger partial charge >= 0.3 is 0 Å². The molecule has 6 rings (SSSR count). The lowest BCUT2D eigenvalue weighted by Gasteiger charge is -2.33. The number of aliphatic hydroxyl groups excluding tert-OH is 1. The third kappa shape index (κ3) is 4.59. The van der Waals surface area contributed by atoms with E-state index in [0.29, 0.717) is 19.6 Å². The van der Waals surface area contributed by atoms with Crippen LogP contribution in [0.1, 0.15) is 46.7 Å². The number of hydrogen-bond acceptors (Lipinski definition) is 4. The fraction of sp³-hybridized carbons (Fsp3) is 0.344. The number of H-pyrrole nitrogens is 1. The molecule has 1 aliphatic heterocycles. The number of aliphatic hydroxyl groups is 1. The Balaban J connectivity index is 1.36. The first-order valence-electron chi connectivity index (χ1n) is 13.6. The van der Waals surface area contributed by atoms with Crippen molar-refractivity contribution in [3.8, 4) is 0 Å². The lowest BCUT2D eigenvalue weighted by atomic mass is 9.90. The van der Waals surface area contributed by atoms with Crippen molar-refractivity contribution in [2.24, 2.45) is 0 Å². The number of benzene rings is 3. The molecule has 1 atom stereocenters. The van der Waals surface area contributed by atoms with Crippen molar-refractivity contribution in [2.45, 2.75) is 37.6 Å². The summed E-state index contributed by atoms with van der Waals surface area (Å²) < 4.78 is 5.62. The number of carbonyl (C=O) groups excluding carboxylic acids is 1. The van der Waals surface area contributed by atoms with E-state index in [1.807, 2.05) is 24.4 Å². The zero-order valence-corrected chi connectivity index (χ0v) is 21.9. The molecule has 38 heavy (non-hydrogen) atoms. The predicted molar refractivity (Wildman–Crippen MR) is 151 cm³/mol. The molecule has 6 nitrogen and oxygen atoms in total. The molecule has 3 aromatic carbocycles. The fourth-order valence-electron chi connectivity index (χ4n) is 5.81. The Bertz CT molecular complexity index is 1440. The molecule has 1 saturated carbocycles. The minimum atomic E-state index is -0.529. The number of fused-ring (bicyclic) bond motifs is 1. The average molecular weight is 510 g/mol. The van der Waals surface area contributed by atoms with Crippen molar-refractivity contribution in [1.82, 2.24) is 10.3 Å². The van der Waals surface area contributed by atoms with Gasteiger partial charge in [0.25, 0.3) is 0 Å². The Hall–Kier alpha value is -3.61. The zero-order valence-electron chi connectivity index (χ0n) is 21.9. The molecule has 4 aromatic rings. The van der Waals surface area contributed by atoms with Gasteiger partial charge < -0.3 is 25.0 Å². The quantitative estimate of drug-likeness (QED) is 0.319. The largest absolute Gasteiger partial charge is 0.396 e. The third-order valence-electron chi connectivity index (χ3n) is 8.14. The molecule has 2 heterocycles. The van der Waals surface area contributed by atoms with Crippen LogP contribution in [0.3, 0.4) is 0 Å². The van der Waals surface area contributed by atoms with Crippen molar-refractivity contribution in [2.75, 3.05) is 37.8 Å². The summed E-state index contributed by atoms with van der Waals surface area (Å²) in [7, 11) is 0. The molecule has 0 radical (unpaired) electrons. The van der Waals surface area contributed by atoms with Crippen molar-refractivity contribution < 1.29 is 14.6 Å². The molecular formula is C32H35N3O3. The van der Waals surface area contributed by atoms with E-state index in [2.05, 4.69) is 70.7 Å². The van der Waals surface area contributed by atoms with E-state index in [4.69, 9.17) is 4.74 Å². The number of rotatable bonds is 8. The minimum absolute atomic E-state index is 0.0680. The summed E-state index contributed by atoms with van der Waals surface area (Å²) in [6, 6.07) is 22.8. The topological polar surface area (TPSA) is 77.6 Å². The molecule has 1 unspecified atom stereocenters. The average Bonchev–Trinajstić information content (AvgIpc) is 3.68. The molecule has 2 fully saturated rings. The summed E-state index contributed by atoms with van der Waals surface area (Å²) in [6.07, 6.45) is 4.21. The number of nitrogens with zero attached hydrogens (tertiary/aromatic N) is 1. The molecule has 1 aromatic heterocycles. The van der Waals surface area contributed by atoms with Gasteiger partial charge in [-0.05, 0) is 66.6 Å². The molecule has 0 spiro atoms. The van der Waals surface area contributed by atoms with E-state index < -0.39 is 5.41 Å². The van der Waals surface area contributed by atoms with Gasteiger partial charge in [0.15, 0.2) is 0 Å². The second-order valence-electron chi connectivity index (χ2n) is 10.6. The van der Waals surface area contributed by atoms with Gasteiger partial charge in [-0.1, -0.05) is 48.5 Å². The molecule has 1 saturated heterocycles. The second kappa shape index (κ2) is 10.3. The van der Waals surface area contributed by atoms with Crippen molar-refractivity contribution >= 4 is 22.5 Å². The number of ether oxygens (including phenoxy) is 1. The number of carbonyl (C=O) groups is 1. The van der Waals surface area contributed by atoms with Gasteiger partial charge in [0.05, 0.1) is 24.7 Å². The van der Waals surface area contributed by atoms with Crippen LogP contribution in [-0.4, -0.2) is 48.9 Å². The number of nitrogens with one attached hydrogen (secondary N) is 2. The zero-order chi connectivity index (χ0) is 26.1. The number of aryl methyl sites for hydroxylation is 1. The van der Waals surface area contributed by atoms with Crippen LogP contribution in [-0.2, 0) is 21.4 Å². The van der Waals surface area contributed by atoms with Crippen LogP contribution in [0.4, 0.5) is 5.69 Å². The highest BCUT2D eigenvalue weighted by atomic mass is 16.5. The Kier molecular flexibility index (Phi) is 6.68. The predicted octanol–water partition coefficient (Wildman–Crippen LogP) is 4.79. The van der Waals surface area contributed by atoms with Crippen LogP contribution < -0.4 is 10.2 Å². The van der Waals surface area contributed by atoms with Gasteiger partial charge in [-0.3, -0.25) is 4.79 Å². The molecular weight excluding hydrogens is 474 g/mol. The van der Waals surface area contributed by atoms with Gasteiger partial charge in [0.2, 0.25) is 5.91 Å². The number of amides is 1. The fourth-order valence-corrected chi connectivity index (χ4v) is 5.81. The van der Waals surface area contributed by atoms with Crippen LogP contribution in [0.15, 0.2) is 72.9 Å². The van der Waals surface area contributed by atoms with Crippen molar-refractivity contribution in [3.63, 3.8) is 0 Å². The van der Waals surface area contributed by atoms with E-state index in [0.717, 1.165) is 64.8 Å². The summed E-state index contributed by atoms with van der Waals surface area (Å²) in [5.41, 5.74) is 7.17. The summed E-state index contributed by atoms with van der Waals surface area (Å²) in [5, 5.41) is 14.1. The van der Waals surface area contributed by atoms with Gasteiger partial charge in [-0.15, -0.1) is 0 Å². The highest BCUT2D eigenvalue weighted by Gasteiger charge is 2.52. The van der Waals surface area contributed by atoms with Gasteiger partial charge in [-0.25, -0.2) is 0 Å². The smallest absolute Gasteiger partial charge is 0.231 e. The number of morpholine rings is 1. The monoisotopic (exact) mass is 509 g/mol. The maximum atomic E-state index is 14.1. The van der Waals surface area contributed by atoms with Crippen LogP contribution in [0.5, 0.6) is 0 Å². The van der Waals surface area contributed by atoms with Crippen LogP contribution in [0.2, 0.25) is 0 Å². The van der Waals surface area contributed by atoms with Gasteiger partial charge in [0.1, 0.15) is 0 Å². The maximum absolute atomic E-state index is 14.1. The highest BCUT2D eigenvalue weighted by molar-refractivity contribution is 5.94. The molecule has 2 aliphatic rings. The van der Waals surface area contributed by atoms with E-state index in [1.54, 1.807) is 0 Å². The van der Waals surface area contributed by atoms with Gasteiger partial charge in [0, 0.05) is 48.0 Å². The van der Waals surface area contributed by atoms with E-state index in [9.17, 15) is 9.90 Å². The first kappa shape index (κ1) is 24.7. The summed E-state index contributed by atoms with van der Waals surface area (Å²) in [5.74, 6) is 0.0680. The summed E-state index contributed by atoms with van der Waals surface area (Å²) >= 11 is 0. The van der Waals surface area contributed by atoms with Crippen LogP contribution in [0, 0.1) is 6.92 Å². The Labute approximate surface area is 223 Å². The minimum Gasteiger partial charge on any atom is -0.396 e. The molecule has 3 N–H and O–H groups in total.